The second-order valence-corrected chi connectivity index (χ2v) is 4.68. The summed E-state index contributed by atoms with van der Waals surface area (Å²) in [6.07, 6.45) is 11.0. The molecule has 2 N–H and O–H groups in total. The second-order valence-electron chi connectivity index (χ2n) is 4.68. The van der Waals surface area contributed by atoms with E-state index >= 15 is 0 Å². The lowest BCUT2D eigenvalue weighted by Crippen LogP contribution is -2.32. The molecule has 0 spiro atoms. The maximum atomic E-state index is 5.93. The van der Waals surface area contributed by atoms with E-state index < -0.39 is 0 Å². The quantitative estimate of drug-likeness (QED) is 0.643. The number of rotatable bonds is 3. The molecule has 1 aliphatic carbocycles. The van der Waals surface area contributed by atoms with Crippen LogP contribution in [-0.4, -0.2) is 5.54 Å². The van der Waals surface area contributed by atoms with E-state index in [1.807, 2.05) is 0 Å². The summed E-state index contributed by atoms with van der Waals surface area (Å²) >= 11 is 0. The molecular weight excluding hydrogens is 146 g/mol. The zero-order valence-electron chi connectivity index (χ0n) is 8.34. The predicted molar refractivity (Wildman–Crippen MR) is 54.0 cm³/mol. The van der Waals surface area contributed by atoms with E-state index in [0.29, 0.717) is 0 Å². The van der Waals surface area contributed by atoms with Crippen LogP contribution in [0.4, 0.5) is 0 Å². The normalized spacial score (nSPS) is 24.4. The van der Waals surface area contributed by atoms with Gasteiger partial charge in [0.1, 0.15) is 0 Å². The third-order valence-corrected chi connectivity index (χ3v) is 2.57. The van der Waals surface area contributed by atoms with Crippen molar-refractivity contribution in [3.05, 3.63) is 12.2 Å². The van der Waals surface area contributed by atoms with Crippen molar-refractivity contribution in [2.24, 2.45) is 11.7 Å². The Morgan fingerprint density at radius 2 is 2.17 bits per heavy atom. The molecule has 1 unspecified atom stereocenters. The van der Waals surface area contributed by atoms with Crippen molar-refractivity contribution in [1.82, 2.24) is 0 Å². The largest absolute Gasteiger partial charge is 0.326 e. The lowest BCUT2D eigenvalue weighted by molar-refractivity contribution is 0.365. The van der Waals surface area contributed by atoms with Crippen molar-refractivity contribution in [1.29, 1.82) is 0 Å². The Balaban J connectivity index is 2.19. The summed E-state index contributed by atoms with van der Waals surface area (Å²) in [4.78, 5) is 0. The molecule has 0 aromatic rings. The molecule has 0 aliphatic heterocycles. The van der Waals surface area contributed by atoms with Crippen LogP contribution in [0.15, 0.2) is 12.2 Å². The Bertz CT molecular complexity index is 153. The van der Waals surface area contributed by atoms with Crippen LogP contribution in [0.5, 0.6) is 0 Å². The molecule has 12 heavy (non-hydrogen) atoms. The monoisotopic (exact) mass is 167 g/mol. The maximum absolute atomic E-state index is 5.93. The van der Waals surface area contributed by atoms with Gasteiger partial charge in [-0.1, -0.05) is 12.2 Å². The standard InChI is InChI=1S/C11H21N/c1-11(2,12)9-8-10-6-4-3-5-7-10/h3-4,10H,5-9,12H2,1-2H3. The molecule has 0 aromatic carbocycles. The van der Waals surface area contributed by atoms with Crippen LogP contribution in [0.25, 0.3) is 0 Å². The lowest BCUT2D eigenvalue weighted by atomic mass is 9.86. The van der Waals surface area contributed by atoms with Gasteiger partial charge in [-0.2, -0.15) is 0 Å². The van der Waals surface area contributed by atoms with E-state index in [2.05, 4.69) is 26.0 Å². The highest BCUT2D eigenvalue weighted by atomic mass is 14.7. The number of nitrogens with two attached hydrogens (primary N) is 1. The number of hydrogen-bond acceptors (Lipinski definition) is 1. The van der Waals surface area contributed by atoms with Gasteiger partial charge >= 0.3 is 0 Å². The molecule has 1 aliphatic rings. The third-order valence-electron chi connectivity index (χ3n) is 2.57. The van der Waals surface area contributed by atoms with Gasteiger partial charge in [0.25, 0.3) is 0 Å². The average molecular weight is 167 g/mol. The summed E-state index contributed by atoms with van der Waals surface area (Å²) < 4.78 is 0. The van der Waals surface area contributed by atoms with E-state index in [1.54, 1.807) is 0 Å². The predicted octanol–water partition coefficient (Wildman–Crippen LogP) is 2.86. The fourth-order valence-electron chi connectivity index (χ4n) is 1.69. The van der Waals surface area contributed by atoms with Crippen molar-refractivity contribution in [2.75, 3.05) is 0 Å². The van der Waals surface area contributed by atoms with Gasteiger partial charge in [-0.3, -0.25) is 0 Å². The third kappa shape index (κ3) is 3.91. The second kappa shape index (κ2) is 4.08. The highest BCUT2D eigenvalue weighted by molar-refractivity contribution is 4.90. The van der Waals surface area contributed by atoms with Crippen LogP contribution in [0, 0.1) is 5.92 Å². The summed E-state index contributed by atoms with van der Waals surface area (Å²) in [6.45, 7) is 4.23. The molecule has 0 fully saturated rings. The van der Waals surface area contributed by atoms with Gasteiger partial charge < -0.3 is 5.73 Å². The fraction of sp³-hybridized carbons (Fsp3) is 0.818. The van der Waals surface area contributed by atoms with Gasteiger partial charge in [-0.25, -0.2) is 0 Å². The van der Waals surface area contributed by atoms with Crippen molar-refractivity contribution in [3.8, 4) is 0 Å². The topological polar surface area (TPSA) is 26.0 Å². The maximum Gasteiger partial charge on any atom is 0.00971 e. The van der Waals surface area contributed by atoms with Gasteiger partial charge in [0.15, 0.2) is 0 Å². The van der Waals surface area contributed by atoms with Gasteiger partial charge in [0.05, 0.1) is 0 Å². The summed E-state index contributed by atoms with van der Waals surface area (Å²) in [7, 11) is 0. The first kappa shape index (κ1) is 9.79. The van der Waals surface area contributed by atoms with E-state index in [9.17, 15) is 0 Å². The van der Waals surface area contributed by atoms with Crippen LogP contribution in [0.2, 0.25) is 0 Å². The minimum absolute atomic E-state index is 0.0289. The zero-order chi connectivity index (χ0) is 9.03. The summed E-state index contributed by atoms with van der Waals surface area (Å²) in [5.74, 6) is 0.901. The first-order valence-electron chi connectivity index (χ1n) is 5.02. The van der Waals surface area contributed by atoms with E-state index in [1.165, 1.54) is 25.7 Å². The van der Waals surface area contributed by atoms with Crippen LogP contribution in [-0.2, 0) is 0 Å². The summed E-state index contributed by atoms with van der Waals surface area (Å²) in [6, 6.07) is 0. The van der Waals surface area contributed by atoms with Crippen molar-refractivity contribution < 1.29 is 0 Å². The Labute approximate surface area is 76.0 Å². The van der Waals surface area contributed by atoms with Crippen LogP contribution < -0.4 is 5.73 Å². The van der Waals surface area contributed by atoms with E-state index in [-0.39, 0.29) is 5.54 Å². The van der Waals surface area contributed by atoms with E-state index in [4.69, 9.17) is 5.73 Å². The first-order chi connectivity index (χ1) is 5.58. The van der Waals surface area contributed by atoms with Crippen molar-refractivity contribution >= 4 is 0 Å². The average Bonchev–Trinajstić information content (AvgIpc) is 2.02. The lowest BCUT2D eigenvalue weighted by Gasteiger charge is -2.23. The smallest absolute Gasteiger partial charge is 0.00971 e. The molecule has 1 heteroatoms. The minimum Gasteiger partial charge on any atom is -0.326 e. The van der Waals surface area contributed by atoms with E-state index in [0.717, 1.165) is 12.3 Å². The van der Waals surface area contributed by atoms with Gasteiger partial charge in [-0.05, 0) is 51.9 Å². The fourth-order valence-corrected chi connectivity index (χ4v) is 1.69. The van der Waals surface area contributed by atoms with Gasteiger partial charge in [-0.15, -0.1) is 0 Å². The zero-order valence-corrected chi connectivity index (χ0v) is 8.34. The molecule has 70 valence electrons. The number of hydrogen-bond donors (Lipinski definition) is 1. The number of allylic oxidation sites excluding steroid dienone is 2. The minimum atomic E-state index is 0.0289. The molecule has 0 heterocycles. The molecule has 1 atom stereocenters. The SMILES string of the molecule is CC(C)(N)CCC1CC=CCC1. The Morgan fingerprint density at radius 1 is 1.42 bits per heavy atom. The highest BCUT2D eigenvalue weighted by Gasteiger charge is 2.15. The Hall–Kier alpha value is -0.300. The molecule has 0 saturated heterocycles. The summed E-state index contributed by atoms with van der Waals surface area (Å²) in [5.41, 5.74) is 5.96. The molecule has 1 rings (SSSR count). The molecular formula is C11H21N. The Morgan fingerprint density at radius 3 is 2.67 bits per heavy atom. The van der Waals surface area contributed by atoms with Gasteiger partial charge in [0, 0.05) is 5.54 Å². The van der Waals surface area contributed by atoms with Crippen LogP contribution in [0.1, 0.15) is 46.0 Å². The molecule has 0 saturated carbocycles. The molecule has 0 bridgehead atoms. The summed E-state index contributed by atoms with van der Waals surface area (Å²) in [5, 5.41) is 0. The van der Waals surface area contributed by atoms with Gasteiger partial charge in [0.2, 0.25) is 0 Å². The van der Waals surface area contributed by atoms with Crippen LogP contribution in [0.3, 0.4) is 0 Å². The first-order valence-corrected chi connectivity index (χ1v) is 5.02. The molecule has 0 amide bonds. The van der Waals surface area contributed by atoms with Crippen molar-refractivity contribution in [2.45, 2.75) is 51.5 Å². The molecule has 1 nitrogen and oxygen atoms in total. The van der Waals surface area contributed by atoms with Crippen LogP contribution >= 0.6 is 0 Å². The highest BCUT2D eigenvalue weighted by Crippen LogP contribution is 2.24. The van der Waals surface area contributed by atoms with Crippen molar-refractivity contribution in [3.63, 3.8) is 0 Å². The molecule has 0 aromatic heterocycles. The Kier molecular flexibility index (Phi) is 3.33. The molecule has 0 radical (unpaired) electrons.